The Morgan fingerprint density at radius 3 is 2.21 bits per heavy atom. The lowest BCUT2D eigenvalue weighted by Gasteiger charge is -2.34. The molecule has 4 nitrogen and oxygen atoms in total. The molecule has 0 saturated heterocycles. The molecule has 2 atom stereocenters. The molecule has 0 spiro atoms. The van der Waals surface area contributed by atoms with Crippen molar-refractivity contribution in [2.24, 2.45) is 0 Å². The maximum Gasteiger partial charge on any atom is 0.416 e. The fourth-order valence-corrected chi connectivity index (χ4v) is 3.94. The van der Waals surface area contributed by atoms with E-state index < -0.39 is 17.7 Å². The summed E-state index contributed by atoms with van der Waals surface area (Å²) in [6, 6.07) is 4.18. The summed E-state index contributed by atoms with van der Waals surface area (Å²) in [7, 11) is 0. The second-order valence-corrected chi connectivity index (χ2v) is 6.35. The van der Waals surface area contributed by atoms with Crippen LogP contribution in [0.2, 0.25) is 0 Å². The van der Waals surface area contributed by atoms with Gasteiger partial charge in [-0.05, 0) is 43.0 Å². The number of aromatic nitrogens is 1. The van der Waals surface area contributed by atoms with Crippen LogP contribution in [0.3, 0.4) is 0 Å². The van der Waals surface area contributed by atoms with E-state index in [-0.39, 0.29) is 29.1 Å². The number of hydrogen-bond acceptors (Lipinski definition) is 3. The van der Waals surface area contributed by atoms with Crippen LogP contribution in [0, 0.1) is 0 Å². The fourth-order valence-electron chi connectivity index (χ4n) is 3.94. The summed E-state index contributed by atoms with van der Waals surface area (Å²) >= 11 is 0. The second-order valence-electron chi connectivity index (χ2n) is 6.35. The van der Waals surface area contributed by atoms with E-state index in [9.17, 15) is 28.2 Å². The Kier molecular flexibility index (Phi) is 3.01. The highest BCUT2D eigenvalue weighted by Gasteiger charge is 2.45. The van der Waals surface area contributed by atoms with Gasteiger partial charge in [0.25, 0.3) is 0 Å². The number of ketones is 1. The number of hydrogen-bond donors (Lipinski definition) is 2. The van der Waals surface area contributed by atoms with Crippen molar-refractivity contribution in [3.8, 4) is 17.4 Å². The molecule has 3 aliphatic rings. The largest absolute Gasteiger partial charge is 0.494 e. The summed E-state index contributed by atoms with van der Waals surface area (Å²) in [5.74, 6) is -0.987. The van der Waals surface area contributed by atoms with Gasteiger partial charge in [0.1, 0.15) is 5.78 Å². The number of fused-ring (bicyclic) bond motifs is 2. The molecular formula is C17H14F3NO3. The van der Waals surface area contributed by atoms with Gasteiger partial charge in [-0.3, -0.25) is 9.36 Å². The van der Waals surface area contributed by atoms with Gasteiger partial charge in [-0.25, -0.2) is 0 Å². The van der Waals surface area contributed by atoms with E-state index in [1.165, 1.54) is 12.1 Å². The first-order valence-electron chi connectivity index (χ1n) is 7.65. The summed E-state index contributed by atoms with van der Waals surface area (Å²) in [4.78, 5) is 12.1. The second kappa shape index (κ2) is 4.78. The fraction of sp³-hybridized carbons (Fsp3) is 0.353. The van der Waals surface area contributed by atoms with E-state index in [1.54, 1.807) is 0 Å². The summed E-state index contributed by atoms with van der Waals surface area (Å²) in [6.07, 6.45) is -2.74. The maximum atomic E-state index is 12.7. The van der Waals surface area contributed by atoms with Gasteiger partial charge in [-0.2, -0.15) is 13.2 Å². The summed E-state index contributed by atoms with van der Waals surface area (Å²) in [5.41, 5.74) is 0.403. The third-order valence-electron chi connectivity index (χ3n) is 5.05. The predicted octanol–water partition coefficient (Wildman–Crippen LogP) is 3.84. The molecule has 3 aliphatic carbocycles. The van der Waals surface area contributed by atoms with Gasteiger partial charge in [0.15, 0.2) is 0 Å². The predicted molar refractivity (Wildman–Crippen MR) is 78.4 cm³/mol. The average molecular weight is 337 g/mol. The van der Waals surface area contributed by atoms with Gasteiger partial charge in [-0.15, -0.1) is 0 Å². The van der Waals surface area contributed by atoms with Crippen molar-refractivity contribution in [3.63, 3.8) is 0 Å². The van der Waals surface area contributed by atoms with Gasteiger partial charge in [-0.1, -0.05) is 0 Å². The zero-order valence-electron chi connectivity index (χ0n) is 12.5. The Morgan fingerprint density at radius 2 is 1.62 bits per heavy atom. The number of halogens is 3. The summed E-state index contributed by atoms with van der Waals surface area (Å²) < 4.78 is 39.2. The number of benzene rings is 1. The van der Waals surface area contributed by atoms with Crippen molar-refractivity contribution >= 4 is 5.78 Å². The van der Waals surface area contributed by atoms with E-state index in [1.807, 2.05) is 0 Å². The Balaban J connectivity index is 1.85. The monoisotopic (exact) mass is 337 g/mol. The average Bonchev–Trinajstić information content (AvgIpc) is 2.80. The van der Waals surface area contributed by atoms with Gasteiger partial charge in [0.05, 0.1) is 11.3 Å². The minimum absolute atomic E-state index is 0.0404. The summed E-state index contributed by atoms with van der Waals surface area (Å²) in [5, 5.41) is 21.0. The Labute approximate surface area is 135 Å². The van der Waals surface area contributed by atoms with Crippen molar-refractivity contribution < 1.29 is 28.2 Å². The molecule has 0 amide bonds. The third-order valence-corrected chi connectivity index (χ3v) is 5.05. The minimum Gasteiger partial charge on any atom is -0.494 e. The zero-order chi connectivity index (χ0) is 17.2. The van der Waals surface area contributed by atoms with Crippen LogP contribution in [0.4, 0.5) is 13.2 Å². The lowest BCUT2D eigenvalue weighted by molar-refractivity contribution is -0.137. The zero-order valence-corrected chi connectivity index (χ0v) is 12.5. The first-order chi connectivity index (χ1) is 11.3. The molecule has 2 N–H and O–H groups in total. The Hall–Kier alpha value is -2.44. The van der Waals surface area contributed by atoms with Crippen LogP contribution in [-0.4, -0.2) is 20.6 Å². The first kappa shape index (κ1) is 15.1. The van der Waals surface area contributed by atoms with Crippen molar-refractivity contribution in [1.82, 2.24) is 4.57 Å². The molecule has 1 aromatic heterocycles. The molecule has 24 heavy (non-hydrogen) atoms. The molecule has 2 aromatic rings. The normalized spacial score (nSPS) is 22.7. The molecule has 1 aromatic carbocycles. The molecule has 5 rings (SSSR count). The smallest absolute Gasteiger partial charge is 0.416 e. The molecular weight excluding hydrogens is 323 g/mol. The number of carbonyl (C=O) groups excluding carboxylic acids is 1. The van der Waals surface area contributed by atoms with E-state index in [2.05, 4.69) is 0 Å². The van der Waals surface area contributed by atoms with Crippen LogP contribution < -0.4 is 0 Å². The lowest BCUT2D eigenvalue weighted by atomic mass is 9.67. The molecule has 1 fully saturated rings. The van der Waals surface area contributed by atoms with Crippen LogP contribution in [0.25, 0.3) is 5.69 Å². The standard InChI is InChI=1S/C17H14F3NO3/c18-17(19,20)9-2-4-10(5-3-9)21-15(23)13-8-1-6-11(12(22)7-8)14(13)16(21)24/h2-5,8,11,23-24H,1,6-7H2/t8-,11+/m0/s1. The molecule has 126 valence electrons. The van der Waals surface area contributed by atoms with Crippen LogP contribution in [0.5, 0.6) is 11.8 Å². The lowest BCUT2D eigenvalue weighted by Crippen LogP contribution is -2.28. The molecule has 1 heterocycles. The quantitative estimate of drug-likeness (QED) is 0.831. The van der Waals surface area contributed by atoms with Crippen LogP contribution in [-0.2, 0) is 11.0 Å². The SMILES string of the molecule is O=C1C[C@@H]2CC[C@H]1c1c2c(O)n(-c2ccc(C(F)(F)F)cc2)c1O. The Morgan fingerprint density at radius 1 is 1.00 bits per heavy atom. The molecule has 1 saturated carbocycles. The molecule has 7 heteroatoms. The van der Waals surface area contributed by atoms with E-state index in [4.69, 9.17) is 0 Å². The van der Waals surface area contributed by atoms with Gasteiger partial charge in [0.2, 0.25) is 11.8 Å². The van der Waals surface area contributed by atoms with Gasteiger partial charge < -0.3 is 10.2 Å². The third kappa shape index (κ3) is 1.96. The van der Waals surface area contributed by atoms with E-state index >= 15 is 0 Å². The molecule has 0 radical (unpaired) electrons. The van der Waals surface area contributed by atoms with Crippen molar-refractivity contribution in [2.45, 2.75) is 37.3 Å². The van der Waals surface area contributed by atoms with E-state index in [0.717, 1.165) is 23.1 Å². The highest BCUT2D eigenvalue weighted by molar-refractivity contribution is 5.91. The van der Waals surface area contributed by atoms with Gasteiger partial charge >= 0.3 is 6.18 Å². The van der Waals surface area contributed by atoms with Crippen molar-refractivity contribution in [3.05, 3.63) is 41.0 Å². The van der Waals surface area contributed by atoms with Crippen LogP contribution >= 0.6 is 0 Å². The highest BCUT2D eigenvalue weighted by atomic mass is 19.4. The maximum absolute atomic E-state index is 12.7. The highest BCUT2D eigenvalue weighted by Crippen LogP contribution is 2.55. The first-order valence-corrected chi connectivity index (χ1v) is 7.65. The van der Waals surface area contributed by atoms with Crippen molar-refractivity contribution in [1.29, 1.82) is 0 Å². The number of alkyl halides is 3. The number of carbonyl (C=O) groups is 1. The van der Waals surface area contributed by atoms with Crippen molar-refractivity contribution in [2.75, 3.05) is 0 Å². The molecule has 0 aliphatic heterocycles. The van der Waals surface area contributed by atoms with Crippen LogP contribution in [0.15, 0.2) is 24.3 Å². The molecule has 0 unspecified atom stereocenters. The number of nitrogens with zero attached hydrogens (tertiary/aromatic N) is 1. The summed E-state index contributed by atoms with van der Waals surface area (Å²) in [6.45, 7) is 0. The Bertz CT molecular complexity index is 836. The number of aromatic hydroxyl groups is 2. The number of rotatable bonds is 1. The number of Topliss-reactive ketones (excluding diaryl/α,β-unsaturated/α-hetero) is 1. The minimum atomic E-state index is -4.45. The van der Waals surface area contributed by atoms with Gasteiger partial charge in [0, 0.05) is 23.5 Å². The van der Waals surface area contributed by atoms with E-state index in [0.29, 0.717) is 24.0 Å². The molecule has 2 bridgehead atoms. The van der Waals surface area contributed by atoms with Crippen LogP contribution in [0.1, 0.15) is 47.8 Å². The topological polar surface area (TPSA) is 62.5 Å².